The number of ketones is 1. The molecule has 22 nitrogen and oxygen atoms in total. The van der Waals surface area contributed by atoms with E-state index in [1.54, 1.807) is 13.9 Å². The van der Waals surface area contributed by atoms with Crippen LogP contribution in [0.25, 0.3) is 11.3 Å². The first-order chi connectivity index (χ1) is 39.2. The maximum Gasteiger partial charge on any atom is 0.308 e. The Morgan fingerprint density at radius 1 is 0.654 bits per heavy atom. The highest BCUT2D eigenvalue weighted by Crippen LogP contribution is 2.27. The molecule has 4 saturated heterocycles. The number of fused-ring (bicyclic) bond motifs is 2. The number of carboxylic acids is 1. The van der Waals surface area contributed by atoms with Crippen LogP contribution < -0.4 is 27.0 Å². The number of nitrogens with one attached hydrogen (secondary N) is 4. The number of rotatable bonds is 18. The number of aromatic nitrogens is 8. The maximum absolute atomic E-state index is 13.1. The Labute approximate surface area is 473 Å². The Morgan fingerprint density at radius 3 is 1.58 bits per heavy atom. The van der Waals surface area contributed by atoms with Crippen molar-refractivity contribution in [3.63, 3.8) is 0 Å². The summed E-state index contributed by atoms with van der Waals surface area (Å²) >= 11 is 0. The lowest BCUT2D eigenvalue weighted by Crippen LogP contribution is -2.41. The molecular formula is C59H79N15O7. The lowest BCUT2D eigenvalue weighted by molar-refractivity contribution is -0.145. The predicted molar refractivity (Wildman–Crippen MR) is 312 cm³/mol. The van der Waals surface area contributed by atoms with Crippen LogP contribution in [0.15, 0.2) is 86.2 Å². The molecule has 7 N–H and O–H groups in total. The van der Waals surface area contributed by atoms with Gasteiger partial charge in [-0.3, -0.25) is 19.2 Å². The van der Waals surface area contributed by atoms with Gasteiger partial charge in [-0.1, -0.05) is 77.3 Å². The van der Waals surface area contributed by atoms with E-state index in [0.717, 1.165) is 116 Å². The summed E-state index contributed by atoms with van der Waals surface area (Å²) in [6.07, 6.45) is 13.5. The molecule has 2 atom stereocenters. The second-order valence-corrected chi connectivity index (χ2v) is 21.7. The summed E-state index contributed by atoms with van der Waals surface area (Å²) in [5, 5.41) is 31.6. The monoisotopic (exact) mass is 1110 g/mol. The van der Waals surface area contributed by atoms with Crippen molar-refractivity contribution in [2.75, 3.05) is 79.6 Å². The average molecular weight is 1110 g/mol. The average Bonchev–Trinajstić information content (AvgIpc) is 4.33. The van der Waals surface area contributed by atoms with E-state index in [2.05, 4.69) is 78.4 Å². The Balaban J connectivity index is 0.000000181. The Morgan fingerprint density at radius 2 is 1.11 bits per heavy atom. The summed E-state index contributed by atoms with van der Waals surface area (Å²) in [6.45, 7) is 21.8. The van der Waals surface area contributed by atoms with E-state index in [9.17, 15) is 19.2 Å². The number of nitrogens with zero attached hydrogens (tertiary/aromatic N) is 10. The van der Waals surface area contributed by atoms with Crippen molar-refractivity contribution in [1.29, 1.82) is 0 Å². The van der Waals surface area contributed by atoms with Gasteiger partial charge in [-0.25, -0.2) is 0 Å². The number of nitrogen functional groups attached to an aromatic ring is 1. The van der Waals surface area contributed by atoms with E-state index in [1.165, 1.54) is 17.1 Å². The molecule has 6 aromatic rings. The van der Waals surface area contributed by atoms with Gasteiger partial charge >= 0.3 is 5.97 Å². The number of carboxylic acid groups (broad SMARTS) is 1. The third-order valence-corrected chi connectivity index (χ3v) is 15.0. The molecule has 8 heterocycles. The number of ether oxygens (including phenoxy) is 2. The molecule has 0 radical (unpaired) electrons. The van der Waals surface area contributed by atoms with E-state index in [-0.39, 0.29) is 35.5 Å². The van der Waals surface area contributed by atoms with Gasteiger partial charge < -0.3 is 51.4 Å². The Bertz CT molecular complexity index is 3130. The number of carbonyl (C=O) groups is 4. The van der Waals surface area contributed by atoms with Crippen molar-refractivity contribution in [2.45, 2.75) is 122 Å². The van der Waals surface area contributed by atoms with E-state index >= 15 is 0 Å². The summed E-state index contributed by atoms with van der Waals surface area (Å²) in [5.74, 6) is 1.61. The molecule has 4 aromatic heterocycles. The zero-order valence-electron chi connectivity index (χ0n) is 47.2. The van der Waals surface area contributed by atoms with Gasteiger partial charge in [0.1, 0.15) is 5.78 Å². The van der Waals surface area contributed by atoms with Crippen LogP contribution in [-0.4, -0.2) is 142 Å². The standard InChI is InChI=1S/C30H39N7O3.C20H27N7O.C9H13NO3/c1-4-27(39)36-12-6-9-23(19-36)26(38)16-21-7-5-8-22(15-21)17-31-30-35-29(33-24-10-13-40-14-11-24)34-28-25(20(2)3)18-32-37(28)30;1-13(2)17-12-23-27-18(17)25-19(24-16-6-8-28-9-7-16)26-20(27)22-11-14-4-3-5-15(21)10-14;1-2-8(11)10-5-3-4-7(6-10)9(12)13/h4-5,7-8,15,18,20,23-24H,1,6,9-14,16-17,19H2,2-3H3,(H2,31,33,34,35);3-5,10,12-13,16H,6-9,11,21H2,1-2H3,(H2,22,24,25,26);2,7H,1,3-6H2,(H,12,13). The topological polar surface area (TPSA) is 274 Å². The normalized spacial score (nSPS) is 17.9. The van der Waals surface area contributed by atoms with Gasteiger partial charge in [-0.2, -0.15) is 39.2 Å². The van der Waals surface area contributed by atoms with Gasteiger partial charge in [-0.15, -0.1) is 0 Å². The van der Waals surface area contributed by atoms with Crippen molar-refractivity contribution in [3.8, 4) is 0 Å². The van der Waals surface area contributed by atoms with Crippen LogP contribution in [-0.2, 0) is 48.2 Å². The molecule has 4 fully saturated rings. The van der Waals surface area contributed by atoms with Gasteiger partial charge in [0.15, 0.2) is 11.3 Å². The first-order valence-corrected chi connectivity index (χ1v) is 28.3. The number of carbonyl (C=O) groups excluding carboxylic acids is 3. The summed E-state index contributed by atoms with van der Waals surface area (Å²) in [5.41, 5.74) is 13.5. The van der Waals surface area contributed by atoms with Crippen LogP contribution in [0.4, 0.5) is 29.5 Å². The summed E-state index contributed by atoms with van der Waals surface area (Å²) in [7, 11) is 0. The van der Waals surface area contributed by atoms with E-state index in [1.807, 2.05) is 54.9 Å². The van der Waals surface area contributed by atoms with Gasteiger partial charge in [0, 0.05) is 107 Å². The number of amides is 2. The van der Waals surface area contributed by atoms with E-state index in [4.69, 9.17) is 40.2 Å². The number of piperidine rings is 2. The number of hydrogen-bond donors (Lipinski definition) is 6. The number of likely N-dealkylation sites (tertiary alicyclic amines) is 2. The van der Waals surface area contributed by atoms with Crippen molar-refractivity contribution in [1.82, 2.24) is 49.0 Å². The molecule has 4 aliphatic heterocycles. The molecular weight excluding hydrogens is 1030 g/mol. The number of nitrogens with two attached hydrogens (primary N) is 1. The lowest BCUT2D eigenvalue weighted by atomic mass is 9.90. The minimum Gasteiger partial charge on any atom is -0.481 e. The van der Waals surface area contributed by atoms with Crippen molar-refractivity contribution in [2.24, 2.45) is 11.8 Å². The second-order valence-electron chi connectivity index (χ2n) is 21.7. The van der Waals surface area contributed by atoms with Gasteiger partial charge in [0.25, 0.3) is 0 Å². The molecule has 0 saturated carbocycles. The number of hydrogen-bond acceptors (Lipinski definition) is 17. The van der Waals surface area contributed by atoms with Crippen LogP contribution >= 0.6 is 0 Å². The van der Waals surface area contributed by atoms with Crippen molar-refractivity contribution < 1.29 is 33.8 Å². The fourth-order valence-corrected chi connectivity index (χ4v) is 10.3. The molecule has 2 aromatic carbocycles. The second kappa shape index (κ2) is 28.4. The van der Waals surface area contributed by atoms with Crippen LogP contribution in [0.3, 0.4) is 0 Å². The quantitative estimate of drug-likeness (QED) is 0.0359. The van der Waals surface area contributed by atoms with Crippen molar-refractivity contribution in [3.05, 3.63) is 114 Å². The zero-order valence-corrected chi connectivity index (χ0v) is 47.2. The lowest BCUT2D eigenvalue weighted by Gasteiger charge is -2.31. The SMILES string of the molecule is C=CC(=O)N1CCCC(C(=O)Cc2cccc(CNc3nc(NC4CCOCC4)nc4c(C(C)C)cnn34)c2)C1.C=CC(=O)N1CCCC(C(=O)O)C1.CC(C)c1cnn2c(NCc3cccc(N)c3)nc(NC3CCOCC3)nc12. The first kappa shape index (κ1) is 59.1. The summed E-state index contributed by atoms with van der Waals surface area (Å²) in [6, 6.07) is 16.5. The number of aliphatic carboxylic acids is 1. The molecule has 0 bridgehead atoms. The van der Waals surface area contributed by atoms with E-state index < -0.39 is 11.9 Å². The number of anilines is 5. The van der Waals surface area contributed by atoms with Crippen molar-refractivity contribution >= 4 is 64.3 Å². The third-order valence-electron chi connectivity index (χ3n) is 15.0. The van der Waals surface area contributed by atoms with E-state index in [0.29, 0.717) is 87.9 Å². The molecule has 0 spiro atoms. The molecule has 81 heavy (non-hydrogen) atoms. The van der Waals surface area contributed by atoms with Crippen LogP contribution in [0, 0.1) is 11.8 Å². The highest BCUT2D eigenvalue weighted by atomic mass is 16.5. The van der Waals surface area contributed by atoms with Gasteiger partial charge in [0.05, 0.1) is 18.3 Å². The largest absolute Gasteiger partial charge is 0.481 e. The molecule has 0 aliphatic carbocycles. The smallest absolute Gasteiger partial charge is 0.308 e. The van der Waals surface area contributed by atoms with Gasteiger partial charge in [0.2, 0.25) is 35.6 Å². The molecule has 2 amide bonds. The highest BCUT2D eigenvalue weighted by Gasteiger charge is 2.29. The summed E-state index contributed by atoms with van der Waals surface area (Å²) in [4.78, 5) is 69.2. The molecule has 22 heteroatoms. The Hall–Kier alpha value is -7.98. The molecule has 2 unspecified atom stereocenters. The fourth-order valence-electron chi connectivity index (χ4n) is 10.3. The van der Waals surface area contributed by atoms with Gasteiger partial charge in [-0.05, 0) is 104 Å². The number of Topliss-reactive ketones (excluding diaryl/α,β-unsaturated/α-hetero) is 1. The molecule has 10 rings (SSSR count). The highest BCUT2D eigenvalue weighted by molar-refractivity contribution is 5.89. The maximum atomic E-state index is 13.1. The molecule has 432 valence electrons. The first-order valence-electron chi connectivity index (χ1n) is 28.3. The number of benzene rings is 2. The van der Waals surface area contributed by atoms with Crippen LogP contribution in [0.1, 0.15) is 119 Å². The Kier molecular flexibility index (Phi) is 20.8. The third kappa shape index (κ3) is 16.1. The van der Waals surface area contributed by atoms with Crippen LogP contribution in [0.5, 0.6) is 0 Å². The predicted octanol–water partition coefficient (Wildman–Crippen LogP) is 7.52. The fraction of sp³-hybridized carbons (Fsp3) is 0.492. The summed E-state index contributed by atoms with van der Waals surface area (Å²) < 4.78 is 14.5. The minimum atomic E-state index is -0.818. The zero-order chi connectivity index (χ0) is 57.4. The van der Waals surface area contributed by atoms with Crippen LogP contribution in [0.2, 0.25) is 0 Å². The minimum absolute atomic E-state index is 0.104. The molecule has 4 aliphatic rings.